The molecule has 54 heavy (non-hydrogen) atoms. The Labute approximate surface area is 310 Å². The van der Waals surface area contributed by atoms with Gasteiger partial charge in [-0.05, 0) is 44.2 Å². The van der Waals surface area contributed by atoms with Crippen LogP contribution in [-0.2, 0) is 27.5 Å². The maximum absolute atomic E-state index is 15.0. The molecule has 2 saturated heterocycles. The van der Waals surface area contributed by atoms with Crippen molar-refractivity contribution in [3.63, 3.8) is 0 Å². The van der Waals surface area contributed by atoms with Gasteiger partial charge in [0.05, 0.1) is 23.8 Å². The van der Waals surface area contributed by atoms with E-state index in [9.17, 15) is 40.7 Å². The van der Waals surface area contributed by atoms with Gasteiger partial charge in [0, 0.05) is 67.4 Å². The number of piperidine rings is 2. The van der Waals surface area contributed by atoms with Gasteiger partial charge in [-0.2, -0.15) is 26.3 Å². The molecular weight excluding hydrogens is 749 g/mol. The van der Waals surface area contributed by atoms with Crippen LogP contribution in [-0.4, -0.2) is 75.6 Å². The van der Waals surface area contributed by atoms with E-state index in [0.717, 1.165) is 28.7 Å². The van der Waals surface area contributed by atoms with Crippen LogP contribution < -0.4 is 15.2 Å². The summed E-state index contributed by atoms with van der Waals surface area (Å²) in [4.78, 5) is 45.1. The Balaban J connectivity index is 1.49. The topological polar surface area (TPSA) is 135 Å². The molecule has 0 spiro atoms. The van der Waals surface area contributed by atoms with Gasteiger partial charge in [0.15, 0.2) is 11.6 Å². The molecule has 0 saturated carbocycles. The minimum atomic E-state index is -4.91. The van der Waals surface area contributed by atoms with Crippen LogP contribution in [0.25, 0.3) is 0 Å². The van der Waals surface area contributed by atoms with Crippen molar-refractivity contribution in [1.29, 1.82) is 0 Å². The number of carbonyl (C=O) groups is 3. The van der Waals surface area contributed by atoms with Gasteiger partial charge in [-0.3, -0.25) is 19.4 Å². The average molecular weight is 789 g/mol. The third-order valence-electron chi connectivity index (χ3n) is 9.79. The lowest BCUT2D eigenvalue weighted by Crippen LogP contribution is -2.69. The Morgan fingerprint density at radius 2 is 1.78 bits per heavy atom. The number of para-hydroxylation sites is 1. The van der Waals surface area contributed by atoms with E-state index in [1.807, 2.05) is 0 Å². The Morgan fingerprint density at radius 3 is 2.41 bits per heavy atom. The molecule has 0 aliphatic carbocycles. The monoisotopic (exact) mass is 788 g/mol. The summed E-state index contributed by atoms with van der Waals surface area (Å²) in [6, 6.07) is 4.39. The van der Waals surface area contributed by atoms with E-state index in [1.165, 1.54) is 17.0 Å². The SMILES string of the molecule is CCC[C@H]1N(C(=O)c2cnccc2C(F)(F)F)CCC[C@@]1(Oc1csc(C(F)(F)F)c1)C(=O)N1CCC(N)(c2cccc(F)c2OCCCC(=O)O)CC1. The maximum Gasteiger partial charge on any atom is 0.425 e. The minimum absolute atomic E-state index is 0.0412. The number of aliphatic carboxylic acids is 1. The zero-order valence-electron chi connectivity index (χ0n) is 29.1. The highest BCUT2D eigenvalue weighted by atomic mass is 32.1. The summed E-state index contributed by atoms with van der Waals surface area (Å²) in [5, 5.41) is 10.0. The fraction of sp³-hybridized carbons (Fsp3) is 0.500. The number of nitrogens with two attached hydrogens (primary N) is 1. The van der Waals surface area contributed by atoms with E-state index >= 15 is 4.39 Å². The number of thiophene rings is 1. The molecule has 0 radical (unpaired) electrons. The third-order valence-corrected chi connectivity index (χ3v) is 10.7. The molecule has 3 aromatic rings. The van der Waals surface area contributed by atoms with Crippen molar-refractivity contribution < 1.29 is 59.7 Å². The highest BCUT2D eigenvalue weighted by Crippen LogP contribution is 2.44. The number of pyridine rings is 1. The van der Waals surface area contributed by atoms with Crippen LogP contribution in [0.2, 0.25) is 0 Å². The number of aromatic nitrogens is 1. The van der Waals surface area contributed by atoms with Crippen molar-refractivity contribution in [2.75, 3.05) is 26.2 Å². The number of carbonyl (C=O) groups excluding carboxylic acids is 2. The van der Waals surface area contributed by atoms with Crippen molar-refractivity contribution >= 4 is 29.1 Å². The molecule has 2 atom stereocenters. The second-order valence-corrected chi connectivity index (χ2v) is 14.3. The van der Waals surface area contributed by atoms with Crippen molar-refractivity contribution in [2.24, 2.45) is 5.73 Å². The number of halogens is 7. The number of carboxylic acids is 1. The summed E-state index contributed by atoms with van der Waals surface area (Å²) in [5.41, 5.74) is 1.91. The summed E-state index contributed by atoms with van der Waals surface area (Å²) in [5.74, 6) is -3.95. The molecule has 2 fully saturated rings. The van der Waals surface area contributed by atoms with E-state index in [-0.39, 0.29) is 82.7 Å². The fourth-order valence-corrected chi connectivity index (χ4v) is 7.87. The highest BCUT2D eigenvalue weighted by molar-refractivity contribution is 7.10. The number of alkyl halides is 6. The quantitative estimate of drug-likeness (QED) is 0.145. The van der Waals surface area contributed by atoms with E-state index in [2.05, 4.69) is 4.98 Å². The largest absolute Gasteiger partial charge is 0.490 e. The van der Waals surface area contributed by atoms with Crippen LogP contribution in [0.15, 0.2) is 48.1 Å². The van der Waals surface area contributed by atoms with Crippen molar-refractivity contribution in [3.8, 4) is 11.5 Å². The zero-order valence-corrected chi connectivity index (χ0v) is 30.0. The van der Waals surface area contributed by atoms with Crippen LogP contribution in [0.1, 0.15) is 84.7 Å². The average Bonchev–Trinajstić information content (AvgIpc) is 3.60. The number of benzene rings is 1. The Bertz CT molecular complexity index is 1830. The van der Waals surface area contributed by atoms with Gasteiger partial charge < -0.3 is 30.1 Å². The number of amides is 2. The van der Waals surface area contributed by atoms with E-state index in [0.29, 0.717) is 29.4 Å². The molecule has 3 N–H and O–H groups in total. The van der Waals surface area contributed by atoms with Crippen LogP contribution in [0.4, 0.5) is 30.7 Å². The third kappa shape index (κ3) is 8.59. The Kier molecular flexibility index (Phi) is 12.1. The number of carboxylic acid groups (broad SMARTS) is 1. The first-order valence-electron chi connectivity index (χ1n) is 17.3. The first kappa shape index (κ1) is 40.7. The Hall–Kier alpha value is -4.45. The fourth-order valence-electron chi connectivity index (χ4n) is 7.19. The number of hydrogen-bond donors (Lipinski definition) is 2. The molecule has 2 aliphatic heterocycles. The van der Waals surface area contributed by atoms with Gasteiger partial charge >= 0.3 is 18.3 Å². The van der Waals surface area contributed by atoms with E-state index in [4.69, 9.17) is 20.3 Å². The molecular formula is C36H39F7N4O6S. The van der Waals surface area contributed by atoms with Gasteiger partial charge in [-0.25, -0.2) is 4.39 Å². The second-order valence-electron chi connectivity index (χ2n) is 13.4. The van der Waals surface area contributed by atoms with Crippen molar-refractivity contribution in [3.05, 3.63) is 75.5 Å². The van der Waals surface area contributed by atoms with Crippen molar-refractivity contribution in [2.45, 2.75) is 87.8 Å². The van der Waals surface area contributed by atoms with Crippen LogP contribution in [0.5, 0.6) is 11.5 Å². The molecule has 0 bridgehead atoms. The Morgan fingerprint density at radius 1 is 1.06 bits per heavy atom. The van der Waals surface area contributed by atoms with Gasteiger partial charge in [0.25, 0.3) is 11.8 Å². The molecule has 0 unspecified atom stereocenters. The summed E-state index contributed by atoms with van der Waals surface area (Å²) >= 11 is 0.346. The molecule has 1 aromatic carbocycles. The molecule has 10 nitrogen and oxygen atoms in total. The second kappa shape index (κ2) is 16.1. The van der Waals surface area contributed by atoms with Gasteiger partial charge in [0.2, 0.25) is 5.60 Å². The van der Waals surface area contributed by atoms with Crippen molar-refractivity contribution in [1.82, 2.24) is 14.8 Å². The molecule has 2 amide bonds. The molecule has 18 heteroatoms. The number of rotatable bonds is 12. The molecule has 294 valence electrons. The first-order chi connectivity index (χ1) is 25.4. The number of hydrogen-bond acceptors (Lipinski definition) is 8. The van der Waals surface area contributed by atoms with Gasteiger partial charge in [0.1, 0.15) is 10.6 Å². The lowest BCUT2D eigenvalue weighted by Gasteiger charge is -2.51. The smallest absolute Gasteiger partial charge is 0.425 e. The lowest BCUT2D eigenvalue weighted by molar-refractivity contribution is -0.161. The number of likely N-dealkylation sites (tertiary alicyclic amines) is 2. The zero-order chi connectivity index (χ0) is 39.5. The standard InChI is InChI=1S/C36H39F7N4O6S/c1-2-6-27-34(53-22-19-28(54-21-22)36(41,42)43,11-5-15-47(27)31(50)23-20-45-14-10-24(23)35(38,39)40)32(51)46-16-12-33(44,13-17-46)25-7-3-8-26(37)30(25)52-18-4-9-29(48)49/h3,7-8,10,14,19-21,27H,2,4-6,9,11-13,15-18,44H2,1H3,(H,48,49)/t27-,34+/m1/s1. The van der Waals surface area contributed by atoms with E-state index < -0.39 is 69.1 Å². The van der Waals surface area contributed by atoms with Crippen LogP contribution in [0.3, 0.4) is 0 Å². The van der Waals surface area contributed by atoms with Crippen LogP contribution in [0, 0.1) is 5.82 Å². The molecule has 4 heterocycles. The highest BCUT2D eigenvalue weighted by Gasteiger charge is 2.56. The number of nitrogens with zero attached hydrogens (tertiary/aromatic N) is 3. The predicted octanol–water partition coefficient (Wildman–Crippen LogP) is 7.26. The van der Waals surface area contributed by atoms with Gasteiger partial charge in [-0.15, -0.1) is 11.3 Å². The van der Waals surface area contributed by atoms with Gasteiger partial charge in [-0.1, -0.05) is 25.5 Å². The van der Waals surface area contributed by atoms with Crippen LogP contribution >= 0.6 is 11.3 Å². The first-order valence-corrected chi connectivity index (χ1v) is 18.2. The summed E-state index contributed by atoms with van der Waals surface area (Å²) in [6.45, 7) is 1.48. The predicted molar refractivity (Wildman–Crippen MR) is 181 cm³/mol. The summed E-state index contributed by atoms with van der Waals surface area (Å²) < 4.78 is 110. The summed E-state index contributed by atoms with van der Waals surface area (Å²) in [6.07, 6.45) is -7.53. The lowest BCUT2D eigenvalue weighted by atomic mass is 9.77. The minimum Gasteiger partial charge on any atom is -0.490 e. The normalized spacial score (nSPS) is 20.4. The molecule has 2 aromatic heterocycles. The summed E-state index contributed by atoms with van der Waals surface area (Å²) in [7, 11) is 0. The maximum atomic E-state index is 15.0. The molecule has 2 aliphatic rings. The molecule has 5 rings (SSSR count). The van der Waals surface area contributed by atoms with E-state index in [1.54, 1.807) is 13.0 Å². The number of ether oxygens (including phenoxy) is 2.